The molecule has 19 heavy (non-hydrogen) atoms. The molecule has 0 saturated carbocycles. The molecule has 2 rings (SSSR count). The van der Waals surface area contributed by atoms with Crippen molar-refractivity contribution in [2.45, 2.75) is 18.9 Å². The first kappa shape index (κ1) is 13.7. The number of carbonyl (C=O) groups excluding carboxylic acids is 1. The van der Waals surface area contributed by atoms with Crippen LogP contribution in [0, 0.1) is 0 Å². The normalized spacial score (nSPS) is 18.1. The second kappa shape index (κ2) is 6.99. The molecule has 1 aromatic rings. The highest BCUT2D eigenvalue weighted by Gasteiger charge is 2.14. The van der Waals surface area contributed by atoms with E-state index in [4.69, 9.17) is 9.47 Å². The molecule has 1 heterocycles. The zero-order valence-corrected chi connectivity index (χ0v) is 11.1. The van der Waals surface area contributed by atoms with Gasteiger partial charge in [0, 0.05) is 18.8 Å². The van der Waals surface area contributed by atoms with Crippen LogP contribution in [0.2, 0.25) is 0 Å². The van der Waals surface area contributed by atoms with Gasteiger partial charge >= 0.3 is 5.97 Å². The molecule has 0 aromatic heterocycles. The Hall–Kier alpha value is -1.75. The smallest absolute Gasteiger partial charge is 0.343 e. The second-order valence-electron chi connectivity index (χ2n) is 4.41. The molecule has 1 fully saturated rings. The molecular weight excluding hydrogens is 246 g/mol. The van der Waals surface area contributed by atoms with Gasteiger partial charge < -0.3 is 19.5 Å². The van der Waals surface area contributed by atoms with Crippen LogP contribution in [-0.2, 0) is 14.3 Å². The predicted octanol–water partition coefficient (Wildman–Crippen LogP) is 1.83. The Balaban J connectivity index is 1.75. The second-order valence-corrected chi connectivity index (χ2v) is 4.41. The number of carbonyl (C=O) groups is 1. The minimum Gasteiger partial charge on any atom is -0.482 e. The van der Waals surface area contributed by atoms with E-state index >= 15 is 0 Å². The molecule has 5 heteroatoms. The minimum absolute atomic E-state index is 0.0702. The van der Waals surface area contributed by atoms with Crippen molar-refractivity contribution in [1.82, 2.24) is 0 Å². The van der Waals surface area contributed by atoms with Crippen LogP contribution in [0.3, 0.4) is 0 Å². The lowest BCUT2D eigenvalue weighted by Crippen LogP contribution is -2.18. The van der Waals surface area contributed by atoms with E-state index in [-0.39, 0.29) is 12.6 Å². The zero-order valence-electron chi connectivity index (χ0n) is 11.1. The van der Waals surface area contributed by atoms with Crippen LogP contribution < -0.4 is 10.1 Å². The first-order chi connectivity index (χ1) is 9.28. The van der Waals surface area contributed by atoms with E-state index in [2.05, 4.69) is 10.1 Å². The predicted molar refractivity (Wildman–Crippen MR) is 71.4 cm³/mol. The lowest BCUT2D eigenvalue weighted by Gasteiger charge is -2.12. The van der Waals surface area contributed by atoms with Gasteiger partial charge in [0.15, 0.2) is 6.61 Å². The molecule has 1 aromatic carbocycles. The maximum absolute atomic E-state index is 10.9. The lowest BCUT2D eigenvalue weighted by molar-refractivity contribution is -0.142. The Labute approximate surface area is 112 Å². The van der Waals surface area contributed by atoms with Gasteiger partial charge in [0.05, 0.1) is 13.2 Å². The summed E-state index contributed by atoms with van der Waals surface area (Å²) in [6.45, 7) is 1.62. The average Bonchev–Trinajstić information content (AvgIpc) is 2.97. The van der Waals surface area contributed by atoms with E-state index in [1.165, 1.54) is 7.11 Å². The van der Waals surface area contributed by atoms with E-state index < -0.39 is 0 Å². The van der Waals surface area contributed by atoms with Crippen LogP contribution in [-0.4, -0.2) is 38.9 Å². The number of rotatable bonds is 6. The van der Waals surface area contributed by atoms with Crippen LogP contribution in [0.4, 0.5) is 5.69 Å². The fraction of sp³-hybridized carbons (Fsp3) is 0.500. The Kier molecular flexibility index (Phi) is 5.03. The average molecular weight is 265 g/mol. The SMILES string of the molecule is COC(=O)COc1ccc(NCC2CCCO2)cc1. The maximum atomic E-state index is 10.9. The molecule has 0 aliphatic carbocycles. The van der Waals surface area contributed by atoms with E-state index in [9.17, 15) is 4.79 Å². The molecule has 0 bridgehead atoms. The number of esters is 1. The lowest BCUT2D eigenvalue weighted by atomic mass is 10.2. The van der Waals surface area contributed by atoms with Crippen molar-refractivity contribution >= 4 is 11.7 Å². The molecule has 0 radical (unpaired) electrons. The van der Waals surface area contributed by atoms with E-state index in [1.807, 2.05) is 24.3 Å². The zero-order chi connectivity index (χ0) is 13.5. The van der Waals surface area contributed by atoms with Crippen LogP contribution in [0.1, 0.15) is 12.8 Å². The summed E-state index contributed by atoms with van der Waals surface area (Å²) < 4.78 is 15.3. The fourth-order valence-electron chi connectivity index (χ4n) is 1.91. The first-order valence-corrected chi connectivity index (χ1v) is 6.43. The monoisotopic (exact) mass is 265 g/mol. The number of ether oxygens (including phenoxy) is 3. The number of nitrogens with one attached hydrogen (secondary N) is 1. The number of anilines is 1. The topological polar surface area (TPSA) is 56.8 Å². The Morgan fingerprint density at radius 3 is 2.84 bits per heavy atom. The van der Waals surface area contributed by atoms with Crippen molar-refractivity contribution in [3.8, 4) is 5.75 Å². The van der Waals surface area contributed by atoms with Crippen LogP contribution >= 0.6 is 0 Å². The summed E-state index contributed by atoms with van der Waals surface area (Å²) >= 11 is 0. The number of benzene rings is 1. The summed E-state index contributed by atoms with van der Waals surface area (Å²) in [6.07, 6.45) is 2.58. The third-order valence-electron chi connectivity index (χ3n) is 3.00. The van der Waals surface area contributed by atoms with Crippen LogP contribution in [0.25, 0.3) is 0 Å². The Morgan fingerprint density at radius 2 is 2.21 bits per heavy atom. The van der Waals surface area contributed by atoms with Crippen molar-refractivity contribution in [1.29, 1.82) is 0 Å². The molecule has 1 N–H and O–H groups in total. The van der Waals surface area contributed by atoms with Crippen LogP contribution in [0.15, 0.2) is 24.3 Å². The van der Waals surface area contributed by atoms with Crippen molar-refractivity contribution in [2.24, 2.45) is 0 Å². The Morgan fingerprint density at radius 1 is 1.42 bits per heavy atom. The highest BCUT2D eigenvalue weighted by Crippen LogP contribution is 2.17. The quantitative estimate of drug-likeness (QED) is 0.795. The van der Waals surface area contributed by atoms with Gasteiger partial charge in [0.25, 0.3) is 0 Å². The Bertz CT molecular complexity index is 398. The van der Waals surface area contributed by atoms with Gasteiger partial charge in [0.2, 0.25) is 0 Å². The largest absolute Gasteiger partial charge is 0.482 e. The third-order valence-corrected chi connectivity index (χ3v) is 3.00. The molecule has 1 aliphatic rings. The van der Waals surface area contributed by atoms with Gasteiger partial charge in [-0.05, 0) is 37.1 Å². The molecule has 5 nitrogen and oxygen atoms in total. The van der Waals surface area contributed by atoms with Crippen molar-refractivity contribution < 1.29 is 19.0 Å². The molecule has 0 amide bonds. The standard InChI is InChI=1S/C14H19NO4/c1-17-14(16)10-19-12-6-4-11(5-7-12)15-9-13-3-2-8-18-13/h4-7,13,15H,2-3,8-10H2,1H3. The maximum Gasteiger partial charge on any atom is 0.343 e. The van der Waals surface area contributed by atoms with Gasteiger partial charge in [-0.3, -0.25) is 0 Å². The summed E-state index contributed by atoms with van der Waals surface area (Å²) in [7, 11) is 1.34. The van der Waals surface area contributed by atoms with E-state index in [0.717, 1.165) is 31.7 Å². The van der Waals surface area contributed by atoms with Crippen molar-refractivity contribution in [2.75, 3.05) is 32.2 Å². The summed E-state index contributed by atoms with van der Waals surface area (Å²) in [4.78, 5) is 10.9. The molecule has 1 unspecified atom stereocenters. The van der Waals surface area contributed by atoms with Gasteiger partial charge in [0.1, 0.15) is 5.75 Å². The summed E-state index contributed by atoms with van der Waals surface area (Å²) in [5.41, 5.74) is 1.01. The third kappa shape index (κ3) is 4.44. The summed E-state index contributed by atoms with van der Waals surface area (Å²) in [6, 6.07) is 7.48. The molecule has 1 saturated heterocycles. The van der Waals surface area contributed by atoms with Gasteiger partial charge in [-0.15, -0.1) is 0 Å². The summed E-state index contributed by atoms with van der Waals surface area (Å²) in [5.74, 6) is 0.258. The van der Waals surface area contributed by atoms with E-state index in [0.29, 0.717) is 11.9 Å². The highest BCUT2D eigenvalue weighted by atomic mass is 16.6. The molecule has 0 spiro atoms. The molecule has 1 atom stereocenters. The molecule has 104 valence electrons. The summed E-state index contributed by atoms with van der Waals surface area (Å²) in [5, 5.41) is 3.32. The highest BCUT2D eigenvalue weighted by molar-refractivity contribution is 5.70. The minimum atomic E-state index is -0.388. The number of hydrogen-bond acceptors (Lipinski definition) is 5. The van der Waals surface area contributed by atoms with Crippen molar-refractivity contribution in [3.05, 3.63) is 24.3 Å². The van der Waals surface area contributed by atoms with E-state index in [1.54, 1.807) is 0 Å². The fourth-order valence-corrected chi connectivity index (χ4v) is 1.91. The van der Waals surface area contributed by atoms with Gasteiger partial charge in [-0.1, -0.05) is 0 Å². The van der Waals surface area contributed by atoms with Crippen molar-refractivity contribution in [3.63, 3.8) is 0 Å². The number of hydrogen-bond donors (Lipinski definition) is 1. The number of methoxy groups -OCH3 is 1. The van der Waals surface area contributed by atoms with Gasteiger partial charge in [-0.25, -0.2) is 4.79 Å². The van der Waals surface area contributed by atoms with Crippen LogP contribution in [0.5, 0.6) is 5.75 Å². The first-order valence-electron chi connectivity index (χ1n) is 6.43. The van der Waals surface area contributed by atoms with Gasteiger partial charge in [-0.2, -0.15) is 0 Å². The molecule has 1 aliphatic heterocycles. The molecular formula is C14H19NO4.